The van der Waals surface area contributed by atoms with E-state index in [-0.39, 0.29) is 11.8 Å². The van der Waals surface area contributed by atoms with Crippen molar-refractivity contribution in [2.24, 2.45) is 0 Å². The van der Waals surface area contributed by atoms with Gasteiger partial charge in [0.15, 0.2) is 0 Å². The fraction of sp³-hybridized carbons (Fsp3) is 0.278. The molecule has 0 saturated heterocycles. The van der Waals surface area contributed by atoms with E-state index >= 15 is 0 Å². The summed E-state index contributed by atoms with van der Waals surface area (Å²) in [5, 5.41) is 7.58. The maximum absolute atomic E-state index is 12.9. The second-order valence-corrected chi connectivity index (χ2v) is 7.03. The molecule has 0 radical (unpaired) electrons. The molecular formula is C18H18BrN3O2. The summed E-state index contributed by atoms with van der Waals surface area (Å²) in [6.45, 7) is 7.81. The van der Waals surface area contributed by atoms with E-state index in [0.717, 1.165) is 21.4 Å². The van der Waals surface area contributed by atoms with Gasteiger partial charge < -0.3 is 9.84 Å². The van der Waals surface area contributed by atoms with Crippen LogP contribution in [0.25, 0.3) is 11.1 Å². The molecule has 0 aliphatic carbocycles. The number of carbonyl (C=O) groups is 1. The van der Waals surface area contributed by atoms with Crippen LogP contribution in [0.3, 0.4) is 0 Å². The second-order valence-electron chi connectivity index (χ2n) is 6.11. The molecule has 0 atom stereocenters. The zero-order valence-corrected chi connectivity index (χ0v) is 15.6. The van der Waals surface area contributed by atoms with E-state index in [0.29, 0.717) is 22.4 Å². The number of benzene rings is 1. The minimum Gasteiger partial charge on any atom is -0.336 e. The molecular weight excluding hydrogens is 370 g/mol. The van der Waals surface area contributed by atoms with Crippen molar-refractivity contribution >= 4 is 38.6 Å². The molecule has 0 fully saturated rings. The average Bonchev–Trinajstić information content (AvgIpc) is 2.90. The highest BCUT2D eigenvalue weighted by Gasteiger charge is 2.20. The van der Waals surface area contributed by atoms with Crippen molar-refractivity contribution in [1.82, 2.24) is 10.1 Å². The number of aromatic nitrogens is 2. The minimum atomic E-state index is -0.193. The molecule has 3 aromatic rings. The predicted molar refractivity (Wildman–Crippen MR) is 97.5 cm³/mol. The fourth-order valence-corrected chi connectivity index (χ4v) is 3.02. The van der Waals surface area contributed by atoms with Gasteiger partial charge in [-0.15, -0.1) is 0 Å². The third-order valence-corrected chi connectivity index (χ3v) is 4.40. The highest BCUT2D eigenvalue weighted by molar-refractivity contribution is 9.10. The van der Waals surface area contributed by atoms with E-state index in [1.807, 2.05) is 52.0 Å². The molecule has 5 nitrogen and oxygen atoms in total. The molecule has 124 valence electrons. The Hall–Kier alpha value is -2.21. The van der Waals surface area contributed by atoms with Gasteiger partial charge in [-0.25, -0.2) is 4.98 Å². The van der Waals surface area contributed by atoms with Gasteiger partial charge in [-0.1, -0.05) is 34.9 Å². The van der Waals surface area contributed by atoms with Gasteiger partial charge >= 0.3 is 0 Å². The Bertz CT molecular complexity index is 931. The zero-order valence-electron chi connectivity index (χ0n) is 14.0. The van der Waals surface area contributed by atoms with Crippen LogP contribution in [0.2, 0.25) is 0 Å². The molecule has 24 heavy (non-hydrogen) atoms. The van der Waals surface area contributed by atoms with Gasteiger partial charge in [0.25, 0.3) is 11.6 Å². The standard InChI is InChI=1S/C18H18BrN3O2/c1-9(2)15-8-13(16-11(4)22-24-18(16)21-15)17(23)20-14-6-5-12(19)7-10(14)3/h5-9H,1-4H3,(H,20,23). The Morgan fingerprint density at radius 3 is 2.67 bits per heavy atom. The number of rotatable bonds is 3. The summed E-state index contributed by atoms with van der Waals surface area (Å²) in [4.78, 5) is 17.3. The second kappa shape index (κ2) is 6.36. The van der Waals surface area contributed by atoms with Gasteiger partial charge in [0.05, 0.1) is 16.6 Å². The van der Waals surface area contributed by atoms with Gasteiger partial charge in [0.1, 0.15) is 0 Å². The summed E-state index contributed by atoms with van der Waals surface area (Å²) in [5.41, 5.74) is 4.14. The number of anilines is 1. The Labute approximate surface area is 148 Å². The van der Waals surface area contributed by atoms with Gasteiger partial charge in [-0.2, -0.15) is 0 Å². The van der Waals surface area contributed by atoms with Crippen LogP contribution in [0.1, 0.15) is 47.1 Å². The number of carbonyl (C=O) groups excluding carboxylic acids is 1. The Morgan fingerprint density at radius 1 is 1.25 bits per heavy atom. The number of halogens is 1. The monoisotopic (exact) mass is 387 g/mol. The van der Waals surface area contributed by atoms with Gasteiger partial charge in [0.2, 0.25) is 0 Å². The molecule has 0 unspecified atom stereocenters. The Kier molecular flexibility index (Phi) is 4.41. The lowest BCUT2D eigenvalue weighted by atomic mass is 10.0. The highest BCUT2D eigenvalue weighted by Crippen LogP contribution is 2.27. The number of nitrogens with zero attached hydrogens (tertiary/aromatic N) is 2. The van der Waals surface area contributed by atoms with Crippen LogP contribution in [0.4, 0.5) is 5.69 Å². The molecule has 1 aromatic carbocycles. The van der Waals surface area contributed by atoms with Gasteiger partial charge in [0, 0.05) is 15.9 Å². The number of amides is 1. The van der Waals surface area contributed by atoms with Crippen LogP contribution < -0.4 is 5.32 Å². The normalized spacial score (nSPS) is 11.2. The molecule has 1 amide bonds. The van der Waals surface area contributed by atoms with Crippen molar-refractivity contribution in [3.05, 3.63) is 51.3 Å². The first kappa shape index (κ1) is 16.6. The van der Waals surface area contributed by atoms with Crippen LogP contribution in [0.5, 0.6) is 0 Å². The molecule has 3 rings (SSSR count). The van der Waals surface area contributed by atoms with Crippen LogP contribution in [0, 0.1) is 13.8 Å². The van der Waals surface area contributed by atoms with E-state index in [9.17, 15) is 4.79 Å². The molecule has 0 aliphatic heterocycles. The first-order chi connectivity index (χ1) is 11.4. The summed E-state index contributed by atoms with van der Waals surface area (Å²) in [6, 6.07) is 7.55. The van der Waals surface area contributed by atoms with Crippen molar-refractivity contribution in [1.29, 1.82) is 0 Å². The van der Waals surface area contributed by atoms with Crippen molar-refractivity contribution in [3.8, 4) is 0 Å². The number of hydrogen-bond donors (Lipinski definition) is 1. The zero-order chi connectivity index (χ0) is 17.4. The topological polar surface area (TPSA) is 68.0 Å². The third kappa shape index (κ3) is 3.06. The van der Waals surface area contributed by atoms with Crippen LogP contribution in [0.15, 0.2) is 33.3 Å². The molecule has 0 saturated carbocycles. The molecule has 0 spiro atoms. The lowest BCUT2D eigenvalue weighted by molar-refractivity contribution is 0.102. The summed E-state index contributed by atoms with van der Waals surface area (Å²) >= 11 is 3.43. The van der Waals surface area contributed by atoms with Gasteiger partial charge in [-0.05, 0) is 49.6 Å². The molecule has 1 N–H and O–H groups in total. The van der Waals surface area contributed by atoms with Crippen molar-refractivity contribution in [3.63, 3.8) is 0 Å². The molecule has 0 aliphatic rings. The average molecular weight is 388 g/mol. The lowest BCUT2D eigenvalue weighted by Crippen LogP contribution is -2.14. The van der Waals surface area contributed by atoms with Crippen molar-refractivity contribution in [2.75, 3.05) is 5.32 Å². The van der Waals surface area contributed by atoms with E-state index in [4.69, 9.17) is 4.52 Å². The number of hydrogen-bond acceptors (Lipinski definition) is 4. The molecule has 6 heteroatoms. The number of aryl methyl sites for hydroxylation is 2. The molecule has 0 bridgehead atoms. The molecule has 2 heterocycles. The summed E-state index contributed by atoms with van der Waals surface area (Å²) in [7, 11) is 0. The van der Waals surface area contributed by atoms with Crippen molar-refractivity contribution in [2.45, 2.75) is 33.6 Å². The van der Waals surface area contributed by atoms with Crippen molar-refractivity contribution < 1.29 is 9.32 Å². The maximum Gasteiger partial charge on any atom is 0.259 e. The quantitative estimate of drug-likeness (QED) is 0.687. The van der Waals surface area contributed by atoms with Crippen LogP contribution in [-0.2, 0) is 0 Å². The van der Waals surface area contributed by atoms with E-state index < -0.39 is 0 Å². The maximum atomic E-state index is 12.9. The largest absolute Gasteiger partial charge is 0.336 e. The summed E-state index contributed by atoms with van der Waals surface area (Å²) in [5.74, 6) is -0.0122. The minimum absolute atomic E-state index is 0.181. The van der Waals surface area contributed by atoms with E-state index in [2.05, 4.69) is 31.4 Å². The fourth-order valence-electron chi connectivity index (χ4n) is 2.55. The SMILES string of the molecule is Cc1cc(Br)ccc1NC(=O)c1cc(C(C)C)nc2onc(C)c12. The first-order valence-electron chi connectivity index (χ1n) is 7.71. The Morgan fingerprint density at radius 2 is 2.00 bits per heavy atom. The molecule has 2 aromatic heterocycles. The van der Waals surface area contributed by atoms with Crippen LogP contribution in [-0.4, -0.2) is 16.0 Å². The number of fused-ring (bicyclic) bond motifs is 1. The van der Waals surface area contributed by atoms with Crippen LogP contribution >= 0.6 is 15.9 Å². The van der Waals surface area contributed by atoms with E-state index in [1.165, 1.54) is 0 Å². The predicted octanol–water partition coefficient (Wildman–Crippen LogP) is 4.98. The summed E-state index contributed by atoms with van der Waals surface area (Å²) < 4.78 is 6.25. The Balaban J connectivity index is 2.06. The number of pyridine rings is 1. The first-order valence-corrected chi connectivity index (χ1v) is 8.50. The van der Waals surface area contributed by atoms with Gasteiger partial charge in [-0.3, -0.25) is 4.79 Å². The highest BCUT2D eigenvalue weighted by atomic mass is 79.9. The number of nitrogens with one attached hydrogen (secondary N) is 1. The third-order valence-electron chi connectivity index (χ3n) is 3.91. The van der Waals surface area contributed by atoms with E-state index in [1.54, 1.807) is 0 Å². The smallest absolute Gasteiger partial charge is 0.259 e. The summed E-state index contributed by atoms with van der Waals surface area (Å²) in [6.07, 6.45) is 0. The lowest BCUT2D eigenvalue weighted by Gasteiger charge is -2.11.